The summed E-state index contributed by atoms with van der Waals surface area (Å²) in [7, 11) is 0. The second kappa shape index (κ2) is 13.0. The summed E-state index contributed by atoms with van der Waals surface area (Å²) in [5.41, 5.74) is 4.07. The van der Waals surface area contributed by atoms with Crippen molar-refractivity contribution in [3.63, 3.8) is 0 Å². The fraction of sp³-hybridized carbons (Fsp3) is 0.450. The van der Waals surface area contributed by atoms with Crippen LogP contribution in [0.1, 0.15) is 26.7 Å². The lowest BCUT2D eigenvalue weighted by Gasteiger charge is -2.25. The van der Waals surface area contributed by atoms with E-state index in [4.69, 9.17) is 32.3 Å². The Morgan fingerprint density at radius 2 is 1.76 bits per heavy atom. The Morgan fingerprint density at radius 3 is 2.30 bits per heavy atom. The first-order valence-corrected chi connectivity index (χ1v) is 11.1. The standard InChI is InChI=1S/C20H26ClN3O8S/c1-20(2,32-12-5-3-11(21)4-6-12)19(31)33-10-14(17(28)23-9-16(26)27)24-15(25)8-7-13(22)18(29)30/h3-6,13-14H,7-10,22H2,1-2H3,(H,23,28)(H,24,25)(H,26,27)(H,29,30)/t13-,14-/m0/s1. The molecule has 1 rings (SSSR count). The van der Waals surface area contributed by atoms with E-state index in [-0.39, 0.29) is 18.6 Å². The molecule has 182 valence electrons. The van der Waals surface area contributed by atoms with Crippen molar-refractivity contribution in [2.24, 2.45) is 5.73 Å². The minimum Gasteiger partial charge on any atom is -0.480 e. The lowest BCUT2D eigenvalue weighted by Crippen LogP contribution is -2.50. The molecule has 2 amide bonds. The molecule has 0 fully saturated rings. The number of halogens is 1. The molecule has 0 saturated carbocycles. The zero-order valence-corrected chi connectivity index (χ0v) is 19.6. The van der Waals surface area contributed by atoms with Crippen molar-refractivity contribution in [2.45, 2.75) is 44.4 Å². The Bertz CT molecular complexity index is 879. The highest BCUT2D eigenvalue weighted by Crippen LogP contribution is 2.25. The summed E-state index contributed by atoms with van der Waals surface area (Å²) in [6.07, 6.45) is -0.446. The van der Waals surface area contributed by atoms with E-state index >= 15 is 0 Å². The van der Waals surface area contributed by atoms with Gasteiger partial charge >= 0.3 is 11.9 Å². The number of carboxylic acids is 2. The zero-order chi connectivity index (χ0) is 25.2. The molecule has 0 aromatic heterocycles. The van der Waals surface area contributed by atoms with E-state index < -0.39 is 53.1 Å². The fourth-order valence-corrected chi connectivity index (χ4v) is 3.39. The minimum absolute atomic E-state index is 0.168. The molecule has 0 bridgehead atoms. The number of nitrogens with two attached hydrogens (primary N) is 1. The lowest BCUT2D eigenvalue weighted by molar-refractivity contribution is -0.139. The molecular formula is C20H26ClN3O8S. The predicted molar refractivity (Wildman–Crippen MR) is 121 cm³/mol. The van der Waals surface area contributed by atoms with Gasteiger partial charge in [-0.25, -0.2) is 0 Å². The highest BCUT2D eigenvalue weighted by Gasteiger charge is 2.32. The molecular weight excluding hydrogens is 478 g/mol. The van der Waals surface area contributed by atoms with Crippen LogP contribution in [-0.4, -0.2) is 69.1 Å². The minimum atomic E-state index is -1.29. The number of amides is 2. The van der Waals surface area contributed by atoms with Crippen molar-refractivity contribution < 1.29 is 38.9 Å². The second-order valence-corrected chi connectivity index (χ2v) is 8.81. The number of rotatable bonds is 13. The van der Waals surface area contributed by atoms with Crippen molar-refractivity contribution in [3.05, 3.63) is 29.3 Å². The molecule has 0 spiro atoms. The SMILES string of the molecule is CC(C)(Oc1ccc(Cl)cc1)C(=O)SC[C@H](NC(=O)CC[C@H](N)C(=O)O)C(=O)NCC(=O)O. The Labute approximate surface area is 199 Å². The summed E-state index contributed by atoms with van der Waals surface area (Å²) in [6.45, 7) is 2.38. The van der Waals surface area contributed by atoms with E-state index in [1.54, 1.807) is 24.3 Å². The third kappa shape index (κ3) is 10.6. The summed E-state index contributed by atoms with van der Waals surface area (Å²) in [6, 6.07) is 3.87. The summed E-state index contributed by atoms with van der Waals surface area (Å²) >= 11 is 6.55. The van der Waals surface area contributed by atoms with Crippen molar-refractivity contribution >= 4 is 52.2 Å². The molecule has 13 heteroatoms. The Morgan fingerprint density at radius 1 is 1.15 bits per heavy atom. The van der Waals surface area contributed by atoms with Gasteiger partial charge in [-0.2, -0.15) is 0 Å². The van der Waals surface area contributed by atoms with Crippen molar-refractivity contribution in [3.8, 4) is 5.75 Å². The van der Waals surface area contributed by atoms with Crippen LogP contribution >= 0.6 is 23.4 Å². The first kappa shape index (κ1) is 28.2. The molecule has 0 aliphatic heterocycles. The Hall–Kier alpha value is -2.83. The number of aliphatic carboxylic acids is 2. The Kier molecular flexibility index (Phi) is 11.1. The van der Waals surface area contributed by atoms with Gasteiger partial charge in [0.2, 0.25) is 16.9 Å². The van der Waals surface area contributed by atoms with Gasteiger partial charge in [-0.1, -0.05) is 23.4 Å². The number of ether oxygens (including phenoxy) is 1. The number of carboxylic acid groups (broad SMARTS) is 2. The number of thioether (sulfide) groups is 1. The van der Waals surface area contributed by atoms with Crippen LogP contribution in [0.3, 0.4) is 0 Å². The molecule has 6 N–H and O–H groups in total. The lowest BCUT2D eigenvalue weighted by atomic mass is 10.1. The maximum Gasteiger partial charge on any atom is 0.322 e. The van der Waals surface area contributed by atoms with Gasteiger partial charge in [-0.15, -0.1) is 0 Å². The van der Waals surface area contributed by atoms with Crippen LogP contribution in [0.4, 0.5) is 0 Å². The first-order valence-electron chi connectivity index (χ1n) is 9.71. The maximum absolute atomic E-state index is 12.7. The van der Waals surface area contributed by atoms with Crippen molar-refractivity contribution in [2.75, 3.05) is 12.3 Å². The molecule has 0 aliphatic carbocycles. The van der Waals surface area contributed by atoms with Gasteiger partial charge in [0.05, 0.1) is 0 Å². The number of nitrogens with one attached hydrogen (secondary N) is 2. The smallest absolute Gasteiger partial charge is 0.322 e. The van der Waals surface area contributed by atoms with Crippen LogP contribution in [-0.2, 0) is 24.0 Å². The van der Waals surface area contributed by atoms with Crippen molar-refractivity contribution in [1.82, 2.24) is 10.6 Å². The summed E-state index contributed by atoms with van der Waals surface area (Å²) < 4.78 is 5.69. The van der Waals surface area contributed by atoms with Crippen LogP contribution in [0.25, 0.3) is 0 Å². The largest absolute Gasteiger partial charge is 0.480 e. The van der Waals surface area contributed by atoms with Gasteiger partial charge in [-0.05, 0) is 44.5 Å². The number of carbonyl (C=O) groups is 5. The van der Waals surface area contributed by atoms with E-state index in [9.17, 15) is 24.0 Å². The third-order valence-electron chi connectivity index (χ3n) is 4.12. The molecule has 0 aliphatic rings. The van der Waals surface area contributed by atoms with E-state index in [1.165, 1.54) is 13.8 Å². The van der Waals surface area contributed by atoms with Crippen molar-refractivity contribution in [1.29, 1.82) is 0 Å². The van der Waals surface area contributed by atoms with Gasteiger partial charge in [0, 0.05) is 17.2 Å². The van der Waals surface area contributed by atoms with Crippen LogP contribution in [0.15, 0.2) is 24.3 Å². The zero-order valence-electron chi connectivity index (χ0n) is 18.0. The molecule has 0 unspecified atom stereocenters. The first-order chi connectivity index (χ1) is 15.3. The van der Waals surface area contributed by atoms with Gasteiger partial charge in [0.1, 0.15) is 24.4 Å². The molecule has 1 aromatic carbocycles. The van der Waals surface area contributed by atoms with Gasteiger partial charge < -0.3 is 31.3 Å². The molecule has 11 nitrogen and oxygen atoms in total. The average molecular weight is 504 g/mol. The second-order valence-electron chi connectivity index (χ2n) is 7.38. The van der Waals surface area contributed by atoms with Crippen LogP contribution in [0, 0.1) is 0 Å². The van der Waals surface area contributed by atoms with E-state index in [2.05, 4.69) is 10.6 Å². The molecule has 0 radical (unpaired) electrons. The summed E-state index contributed by atoms with van der Waals surface area (Å²) in [5, 5.41) is 22.1. The van der Waals surface area contributed by atoms with E-state index in [0.29, 0.717) is 22.5 Å². The maximum atomic E-state index is 12.7. The molecule has 2 atom stereocenters. The number of hydrogen-bond donors (Lipinski definition) is 5. The molecule has 0 heterocycles. The van der Waals surface area contributed by atoms with Crippen LogP contribution < -0.4 is 21.1 Å². The topological polar surface area (TPSA) is 185 Å². The van der Waals surface area contributed by atoms with Crippen LogP contribution in [0.5, 0.6) is 5.75 Å². The number of carbonyl (C=O) groups excluding carboxylic acids is 3. The predicted octanol–water partition coefficient (Wildman–Crippen LogP) is 0.635. The highest BCUT2D eigenvalue weighted by atomic mass is 35.5. The average Bonchev–Trinajstić information content (AvgIpc) is 2.74. The van der Waals surface area contributed by atoms with Gasteiger partial charge in [0.25, 0.3) is 0 Å². The number of benzene rings is 1. The summed E-state index contributed by atoms with van der Waals surface area (Å²) in [4.78, 5) is 58.7. The fourth-order valence-electron chi connectivity index (χ4n) is 2.32. The number of hydrogen-bond acceptors (Lipinski definition) is 8. The van der Waals surface area contributed by atoms with E-state index in [0.717, 1.165) is 0 Å². The van der Waals surface area contributed by atoms with E-state index in [1.807, 2.05) is 0 Å². The molecule has 33 heavy (non-hydrogen) atoms. The van der Waals surface area contributed by atoms with Gasteiger partial charge in [-0.3, -0.25) is 24.0 Å². The quantitative estimate of drug-likeness (QED) is 0.255. The third-order valence-corrected chi connectivity index (χ3v) is 5.63. The molecule has 1 aromatic rings. The highest BCUT2D eigenvalue weighted by molar-refractivity contribution is 8.13. The Balaban J connectivity index is 2.77. The van der Waals surface area contributed by atoms with Gasteiger partial charge in [0.15, 0.2) is 5.60 Å². The molecule has 0 saturated heterocycles. The van der Waals surface area contributed by atoms with Crippen LogP contribution in [0.2, 0.25) is 5.02 Å². The normalized spacial score (nSPS) is 12.8. The monoisotopic (exact) mass is 503 g/mol. The summed E-state index contributed by atoms with van der Waals surface area (Å²) in [5.74, 6) is -3.87.